The van der Waals surface area contributed by atoms with Crippen molar-refractivity contribution in [3.8, 4) is 5.69 Å². The fraction of sp³-hybridized carbons (Fsp3) is 0.125. The van der Waals surface area contributed by atoms with Gasteiger partial charge in [0.2, 0.25) is 5.91 Å². The third-order valence-electron chi connectivity index (χ3n) is 5.16. The average molecular weight is 486 g/mol. The molecule has 9 heteroatoms. The number of rotatable bonds is 5. The van der Waals surface area contributed by atoms with E-state index < -0.39 is 17.2 Å². The summed E-state index contributed by atoms with van der Waals surface area (Å²) in [7, 11) is 0. The number of nitrogens with zero attached hydrogens (tertiary/aromatic N) is 2. The van der Waals surface area contributed by atoms with Crippen LogP contribution >= 0.6 is 23.4 Å². The van der Waals surface area contributed by atoms with Gasteiger partial charge in [-0.2, -0.15) is 0 Å². The summed E-state index contributed by atoms with van der Waals surface area (Å²) in [5.74, 6) is -2.10. The third-order valence-corrected chi connectivity index (χ3v) is 6.33. The monoisotopic (exact) mass is 485 g/mol. The smallest absolute Gasteiger partial charge is 0.266 e. The minimum Gasteiger partial charge on any atom is -0.325 e. The zero-order valence-corrected chi connectivity index (χ0v) is 19.2. The predicted octanol–water partition coefficient (Wildman–Crippen LogP) is 5.66. The lowest BCUT2D eigenvalue weighted by molar-refractivity contribution is -0.113. The van der Waals surface area contributed by atoms with Crippen molar-refractivity contribution < 1.29 is 13.6 Å². The van der Waals surface area contributed by atoms with Gasteiger partial charge in [0.1, 0.15) is 11.6 Å². The van der Waals surface area contributed by atoms with E-state index in [1.165, 1.54) is 6.07 Å². The van der Waals surface area contributed by atoms with Gasteiger partial charge in [-0.3, -0.25) is 14.2 Å². The Kier molecular flexibility index (Phi) is 6.49. The molecule has 0 aliphatic rings. The number of halogens is 3. The Balaban J connectivity index is 1.73. The van der Waals surface area contributed by atoms with Gasteiger partial charge in [0.25, 0.3) is 5.56 Å². The molecule has 168 valence electrons. The topological polar surface area (TPSA) is 64.0 Å². The van der Waals surface area contributed by atoms with Crippen molar-refractivity contribution in [1.82, 2.24) is 9.55 Å². The molecule has 0 radical (unpaired) electrons. The van der Waals surface area contributed by atoms with E-state index in [0.717, 1.165) is 39.6 Å². The first kappa shape index (κ1) is 22.9. The molecule has 5 nitrogen and oxygen atoms in total. The molecule has 0 unspecified atom stereocenters. The summed E-state index contributed by atoms with van der Waals surface area (Å²) in [5, 5.41) is 3.43. The molecule has 0 spiro atoms. The highest BCUT2D eigenvalue weighted by molar-refractivity contribution is 7.99. The molecule has 1 N–H and O–H groups in total. The number of hydrogen-bond acceptors (Lipinski definition) is 4. The Bertz CT molecular complexity index is 1460. The summed E-state index contributed by atoms with van der Waals surface area (Å²) in [6.45, 7) is 3.85. The number of carbonyl (C=O) groups excluding carboxylic acids is 1. The van der Waals surface area contributed by atoms with Crippen LogP contribution < -0.4 is 10.9 Å². The lowest BCUT2D eigenvalue weighted by Gasteiger charge is -2.14. The summed E-state index contributed by atoms with van der Waals surface area (Å²) in [6, 6.07) is 13.1. The van der Waals surface area contributed by atoms with Crippen molar-refractivity contribution in [2.24, 2.45) is 0 Å². The maximum atomic E-state index is 14.6. The van der Waals surface area contributed by atoms with E-state index >= 15 is 0 Å². The number of fused-ring (bicyclic) bond motifs is 1. The fourth-order valence-electron chi connectivity index (χ4n) is 3.31. The number of hydrogen-bond donors (Lipinski definition) is 1. The highest BCUT2D eigenvalue weighted by atomic mass is 35.5. The van der Waals surface area contributed by atoms with Crippen molar-refractivity contribution in [3.05, 3.63) is 92.7 Å². The molecule has 0 saturated carbocycles. The Hall–Kier alpha value is -3.23. The molecule has 1 heterocycles. The molecule has 0 aliphatic heterocycles. The van der Waals surface area contributed by atoms with Crippen molar-refractivity contribution >= 4 is 45.9 Å². The zero-order chi connectivity index (χ0) is 23.7. The molecule has 1 amide bonds. The standard InChI is InChI=1S/C24H18ClF2N3O2S/c1-13-4-3-5-19(14(13)2)28-22(31)12-33-24-29-20-8-6-15(25)10-17(20)23(32)30(24)21-9-7-16(26)11-18(21)27/h3-11H,12H2,1-2H3,(H,28,31). The van der Waals surface area contributed by atoms with Crippen molar-refractivity contribution in [2.45, 2.75) is 19.0 Å². The number of aromatic nitrogens is 2. The van der Waals surface area contributed by atoms with Gasteiger partial charge in [0.15, 0.2) is 5.16 Å². The van der Waals surface area contributed by atoms with Crippen LogP contribution in [0.25, 0.3) is 16.6 Å². The Labute approximate surface area is 197 Å². The van der Waals surface area contributed by atoms with Crippen LogP contribution in [0.3, 0.4) is 0 Å². The highest BCUT2D eigenvalue weighted by Gasteiger charge is 2.18. The van der Waals surface area contributed by atoms with E-state index in [1.807, 2.05) is 26.0 Å². The van der Waals surface area contributed by atoms with Crippen LogP contribution in [0.2, 0.25) is 5.02 Å². The van der Waals surface area contributed by atoms with Crippen LogP contribution in [0.5, 0.6) is 0 Å². The molecule has 0 fully saturated rings. The van der Waals surface area contributed by atoms with E-state index in [4.69, 9.17) is 11.6 Å². The number of amides is 1. The highest BCUT2D eigenvalue weighted by Crippen LogP contribution is 2.25. The third kappa shape index (κ3) is 4.77. The molecule has 4 aromatic rings. The van der Waals surface area contributed by atoms with Gasteiger partial charge in [0, 0.05) is 16.8 Å². The van der Waals surface area contributed by atoms with E-state index in [0.29, 0.717) is 22.3 Å². The number of benzene rings is 3. The van der Waals surface area contributed by atoms with E-state index in [1.54, 1.807) is 18.2 Å². The number of carbonyl (C=O) groups is 1. The van der Waals surface area contributed by atoms with Gasteiger partial charge < -0.3 is 5.32 Å². The first-order valence-electron chi connectivity index (χ1n) is 9.91. The van der Waals surface area contributed by atoms with E-state index in [2.05, 4.69) is 10.3 Å². The van der Waals surface area contributed by atoms with E-state index in [9.17, 15) is 18.4 Å². The summed E-state index contributed by atoms with van der Waals surface area (Å²) in [5.41, 5.74) is 2.26. The molecule has 0 atom stereocenters. The van der Waals surface area contributed by atoms with Crippen molar-refractivity contribution in [1.29, 1.82) is 0 Å². The quantitative estimate of drug-likeness (QED) is 0.292. The minimum atomic E-state index is -0.929. The molecule has 4 rings (SSSR count). The zero-order valence-electron chi connectivity index (χ0n) is 17.7. The van der Waals surface area contributed by atoms with Gasteiger partial charge in [-0.1, -0.05) is 35.5 Å². The van der Waals surface area contributed by atoms with Crippen molar-refractivity contribution in [3.63, 3.8) is 0 Å². The van der Waals surface area contributed by atoms with E-state index in [-0.39, 0.29) is 27.9 Å². The second-order valence-corrected chi connectivity index (χ2v) is 8.76. The average Bonchev–Trinajstić information content (AvgIpc) is 2.77. The Morgan fingerprint density at radius 1 is 1.12 bits per heavy atom. The number of aryl methyl sites for hydroxylation is 1. The fourth-order valence-corrected chi connectivity index (χ4v) is 4.29. The lowest BCUT2D eigenvalue weighted by atomic mass is 10.1. The molecule has 1 aromatic heterocycles. The molecule has 0 saturated heterocycles. The molecule has 0 aliphatic carbocycles. The van der Waals surface area contributed by atoms with Crippen LogP contribution in [0, 0.1) is 25.5 Å². The second-order valence-electron chi connectivity index (χ2n) is 7.38. The predicted molar refractivity (Wildman–Crippen MR) is 128 cm³/mol. The van der Waals surface area contributed by atoms with Crippen molar-refractivity contribution in [2.75, 3.05) is 11.1 Å². The SMILES string of the molecule is Cc1cccc(NC(=O)CSc2nc3ccc(Cl)cc3c(=O)n2-c2ccc(F)cc2F)c1C. The lowest BCUT2D eigenvalue weighted by Crippen LogP contribution is -2.24. The molecule has 0 bridgehead atoms. The first-order valence-corrected chi connectivity index (χ1v) is 11.3. The summed E-state index contributed by atoms with van der Waals surface area (Å²) in [4.78, 5) is 30.3. The maximum Gasteiger partial charge on any atom is 0.266 e. The molecular weight excluding hydrogens is 468 g/mol. The van der Waals surface area contributed by atoms with Gasteiger partial charge >= 0.3 is 0 Å². The van der Waals surface area contributed by atoms with Gasteiger partial charge in [-0.15, -0.1) is 0 Å². The molecule has 3 aromatic carbocycles. The normalized spacial score (nSPS) is 11.1. The molecular formula is C24H18ClF2N3O2S. The summed E-state index contributed by atoms with van der Waals surface area (Å²) in [6.07, 6.45) is 0. The summed E-state index contributed by atoms with van der Waals surface area (Å²) >= 11 is 7.00. The minimum absolute atomic E-state index is 0.0816. The van der Waals surface area contributed by atoms with Gasteiger partial charge in [-0.05, 0) is 61.4 Å². The maximum absolute atomic E-state index is 14.6. The molecule has 33 heavy (non-hydrogen) atoms. The van der Waals surface area contributed by atoms with Crippen LogP contribution in [-0.2, 0) is 4.79 Å². The number of anilines is 1. The second kappa shape index (κ2) is 9.33. The Morgan fingerprint density at radius 2 is 1.91 bits per heavy atom. The van der Waals surface area contributed by atoms with Crippen LogP contribution in [0.15, 0.2) is 64.5 Å². The van der Waals surface area contributed by atoms with Crippen LogP contribution in [0.4, 0.5) is 14.5 Å². The largest absolute Gasteiger partial charge is 0.325 e. The number of thioether (sulfide) groups is 1. The van der Waals surface area contributed by atoms with Crippen LogP contribution in [0.1, 0.15) is 11.1 Å². The summed E-state index contributed by atoms with van der Waals surface area (Å²) < 4.78 is 29.1. The van der Waals surface area contributed by atoms with Gasteiger partial charge in [0.05, 0.1) is 22.3 Å². The Morgan fingerprint density at radius 3 is 2.67 bits per heavy atom. The van der Waals surface area contributed by atoms with Gasteiger partial charge in [-0.25, -0.2) is 13.8 Å². The first-order chi connectivity index (χ1) is 15.7. The van der Waals surface area contributed by atoms with Crippen LogP contribution in [-0.4, -0.2) is 21.2 Å². The number of nitrogens with one attached hydrogen (secondary N) is 1.